The molecule has 0 spiro atoms. The largest absolute Gasteiger partial charge is 0.393 e. The molecule has 2 aliphatic rings. The summed E-state index contributed by atoms with van der Waals surface area (Å²) >= 11 is 0. The summed E-state index contributed by atoms with van der Waals surface area (Å²) in [5, 5.41) is 9.68. The van der Waals surface area contributed by atoms with Crippen molar-refractivity contribution in [2.45, 2.75) is 57.3 Å². The summed E-state index contributed by atoms with van der Waals surface area (Å²) in [6, 6.07) is 0. The first-order valence-electron chi connectivity index (χ1n) is 5.11. The monoisotopic (exact) mass is 170 g/mol. The minimum atomic E-state index is -0.0462. The first-order chi connectivity index (χ1) is 5.77. The summed E-state index contributed by atoms with van der Waals surface area (Å²) in [5.41, 5.74) is 0. The van der Waals surface area contributed by atoms with Gasteiger partial charge in [0.05, 0.1) is 18.3 Å². The predicted molar refractivity (Wildman–Crippen MR) is 46.9 cm³/mol. The van der Waals surface area contributed by atoms with E-state index in [4.69, 9.17) is 4.74 Å². The lowest BCUT2D eigenvalue weighted by Gasteiger charge is -2.26. The highest BCUT2D eigenvalue weighted by Crippen LogP contribution is 2.34. The molecular formula is C10H18O2. The van der Waals surface area contributed by atoms with Crippen LogP contribution >= 0.6 is 0 Å². The molecule has 2 rings (SSSR count). The number of epoxide rings is 1. The van der Waals surface area contributed by atoms with Gasteiger partial charge in [-0.1, -0.05) is 12.8 Å². The SMILES string of the molecule is C[C@H]1O[C@@H]1C[C@@H]1CCCC[C@H]1O. The van der Waals surface area contributed by atoms with Gasteiger partial charge in [0, 0.05) is 0 Å². The van der Waals surface area contributed by atoms with Gasteiger partial charge in [-0.3, -0.25) is 0 Å². The summed E-state index contributed by atoms with van der Waals surface area (Å²) < 4.78 is 5.36. The molecule has 2 heteroatoms. The lowest BCUT2D eigenvalue weighted by Crippen LogP contribution is -2.25. The molecule has 0 radical (unpaired) electrons. The van der Waals surface area contributed by atoms with Crippen molar-refractivity contribution in [2.75, 3.05) is 0 Å². The lowest BCUT2D eigenvalue weighted by atomic mass is 9.83. The summed E-state index contributed by atoms with van der Waals surface area (Å²) in [6.07, 6.45) is 6.67. The van der Waals surface area contributed by atoms with E-state index in [9.17, 15) is 5.11 Å². The topological polar surface area (TPSA) is 32.8 Å². The van der Waals surface area contributed by atoms with Crippen molar-refractivity contribution in [3.05, 3.63) is 0 Å². The Morgan fingerprint density at radius 2 is 2.00 bits per heavy atom. The molecule has 0 aromatic heterocycles. The van der Waals surface area contributed by atoms with E-state index in [1.807, 2.05) is 0 Å². The van der Waals surface area contributed by atoms with Gasteiger partial charge in [0.2, 0.25) is 0 Å². The first-order valence-corrected chi connectivity index (χ1v) is 5.11. The summed E-state index contributed by atoms with van der Waals surface area (Å²) in [5.74, 6) is 0.522. The van der Waals surface area contributed by atoms with Crippen molar-refractivity contribution >= 4 is 0 Å². The van der Waals surface area contributed by atoms with Crippen LogP contribution < -0.4 is 0 Å². The van der Waals surface area contributed by atoms with Gasteiger partial charge in [-0.25, -0.2) is 0 Å². The molecule has 70 valence electrons. The van der Waals surface area contributed by atoms with Gasteiger partial charge in [-0.05, 0) is 32.1 Å². The second-order valence-electron chi connectivity index (χ2n) is 4.23. The summed E-state index contributed by atoms with van der Waals surface area (Å²) in [4.78, 5) is 0. The zero-order valence-corrected chi connectivity index (χ0v) is 7.70. The number of hydrogen-bond acceptors (Lipinski definition) is 2. The molecule has 1 N–H and O–H groups in total. The highest BCUT2D eigenvalue weighted by Gasteiger charge is 2.38. The van der Waals surface area contributed by atoms with Crippen LogP contribution in [0.15, 0.2) is 0 Å². The van der Waals surface area contributed by atoms with Crippen molar-refractivity contribution < 1.29 is 9.84 Å². The Balaban J connectivity index is 1.77. The summed E-state index contributed by atoms with van der Waals surface area (Å²) in [6.45, 7) is 2.11. The van der Waals surface area contributed by atoms with Gasteiger partial charge in [-0.2, -0.15) is 0 Å². The molecular weight excluding hydrogens is 152 g/mol. The molecule has 1 aliphatic carbocycles. The number of ether oxygens (including phenoxy) is 1. The van der Waals surface area contributed by atoms with Crippen LogP contribution in [0.2, 0.25) is 0 Å². The van der Waals surface area contributed by atoms with Crippen LogP contribution in [0.3, 0.4) is 0 Å². The van der Waals surface area contributed by atoms with Gasteiger partial charge in [0.25, 0.3) is 0 Å². The Labute approximate surface area is 73.9 Å². The maximum atomic E-state index is 9.68. The molecule has 0 amide bonds. The predicted octanol–water partition coefficient (Wildman–Crippen LogP) is 1.71. The average Bonchev–Trinajstić information content (AvgIpc) is 2.72. The van der Waals surface area contributed by atoms with Crippen molar-refractivity contribution in [3.8, 4) is 0 Å². The molecule has 0 unspecified atom stereocenters. The van der Waals surface area contributed by atoms with E-state index in [0.717, 1.165) is 12.8 Å². The quantitative estimate of drug-likeness (QED) is 0.640. The molecule has 12 heavy (non-hydrogen) atoms. The molecule has 0 bridgehead atoms. The lowest BCUT2D eigenvalue weighted by molar-refractivity contribution is 0.0610. The van der Waals surface area contributed by atoms with Crippen molar-refractivity contribution in [2.24, 2.45) is 5.92 Å². The minimum absolute atomic E-state index is 0.0462. The van der Waals surface area contributed by atoms with Gasteiger partial charge in [0.15, 0.2) is 0 Å². The fourth-order valence-electron chi connectivity index (χ4n) is 2.24. The van der Waals surface area contributed by atoms with Crippen molar-refractivity contribution in [1.82, 2.24) is 0 Å². The van der Waals surface area contributed by atoms with Crippen LogP contribution in [0.5, 0.6) is 0 Å². The third kappa shape index (κ3) is 1.80. The van der Waals surface area contributed by atoms with Crippen molar-refractivity contribution in [3.63, 3.8) is 0 Å². The molecule has 1 heterocycles. The summed E-state index contributed by atoms with van der Waals surface area (Å²) in [7, 11) is 0. The number of hydrogen-bond donors (Lipinski definition) is 1. The maximum absolute atomic E-state index is 9.68. The molecule has 1 saturated carbocycles. The Hall–Kier alpha value is -0.0800. The van der Waals surface area contributed by atoms with E-state index in [0.29, 0.717) is 18.1 Å². The fourth-order valence-corrected chi connectivity index (χ4v) is 2.24. The molecule has 4 atom stereocenters. The molecule has 2 nitrogen and oxygen atoms in total. The van der Waals surface area contributed by atoms with Gasteiger partial charge in [0.1, 0.15) is 0 Å². The standard InChI is InChI=1S/C10H18O2/c1-7-10(12-7)6-8-4-2-3-5-9(8)11/h7-11H,2-6H2,1H3/t7-,8+,9-,10-/m1/s1. The highest BCUT2D eigenvalue weighted by atomic mass is 16.6. The number of aliphatic hydroxyl groups is 1. The van der Waals surface area contributed by atoms with Crippen LogP contribution in [-0.2, 0) is 4.74 Å². The zero-order valence-electron chi connectivity index (χ0n) is 7.70. The molecule has 1 aliphatic heterocycles. The average molecular weight is 170 g/mol. The van der Waals surface area contributed by atoms with E-state index in [1.165, 1.54) is 19.3 Å². The van der Waals surface area contributed by atoms with E-state index in [1.54, 1.807) is 0 Å². The molecule has 1 saturated heterocycles. The number of aliphatic hydroxyl groups excluding tert-OH is 1. The second-order valence-corrected chi connectivity index (χ2v) is 4.23. The van der Waals surface area contributed by atoms with Crippen LogP contribution in [-0.4, -0.2) is 23.4 Å². The third-order valence-electron chi connectivity index (χ3n) is 3.24. The van der Waals surface area contributed by atoms with E-state index >= 15 is 0 Å². The Morgan fingerprint density at radius 3 is 2.58 bits per heavy atom. The second kappa shape index (κ2) is 3.35. The highest BCUT2D eigenvalue weighted by molar-refractivity contribution is 4.86. The smallest absolute Gasteiger partial charge is 0.0842 e. The van der Waals surface area contributed by atoms with Crippen LogP contribution in [0.4, 0.5) is 0 Å². The van der Waals surface area contributed by atoms with Gasteiger partial charge in [-0.15, -0.1) is 0 Å². The fraction of sp³-hybridized carbons (Fsp3) is 1.00. The van der Waals surface area contributed by atoms with E-state index < -0.39 is 0 Å². The van der Waals surface area contributed by atoms with Crippen LogP contribution in [0.1, 0.15) is 39.0 Å². The molecule has 0 aromatic rings. The van der Waals surface area contributed by atoms with Crippen LogP contribution in [0, 0.1) is 5.92 Å². The molecule has 2 fully saturated rings. The Kier molecular flexibility index (Phi) is 2.37. The van der Waals surface area contributed by atoms with Gasteiger partial charge < -0.3 is 9.84 Å². The normalized spacial score (nSPS) is 47.5. The van der Waals surface area contributed by atoms with E-state index in [2.05, 4.69) is 6.92 Å². The Morgan fingerprint density at radius 1 is 1.33 bits per heavy atom. The maximum Gasteiger partial charge on any atom is 0.0842 e. The first kappa shape index (κ1) is 8.52. The van der Waals surface area contributed by atoms with Crippen molar-refractivity contribution in [1.29, 1.82) is 0 Å². The van der Waals surface area contributed by atoms with Crippen LogP contribution in [0.25, 0.3) is 0 Å². The van der Waals surface area contributed by atoms with Gasteiger partial charge >= 0.3 is 0 Å². The zero-order chi connectivity index (χ0) is 8.55. The third-order valence-corrected chi connectivity index (χ3v) is 3.24. The number of rotatable bonds is 2. The minimum Gasteiger partial charge on any atom is -0.393 e. The molecule has 0 aromatic carbocycles. The Bertz CT molecular complexity index is 158. The van der Waals surface area contributed by atoms with E-state index in [-0.39, 0.29) is 6.10 Å².